The molecule has 0 radical (unpaired) electrons. The molecule has 1 aromatic heterocycles. The van der Waals surface area contributed by atoms with E-state index in [9.17, 15) is 9.36 Å². The van der Waals surface area contributed by atoms with Crippen molar-refractivity contribution in [1.82, 2.24) is 15.1 Å². The molecule has 1 saturated heterocycles. The molecule has 0 aliphatic carbocycles. The minimum absolute atomic E-state index is 0.0449. The maximum atomic E-state index is 13.9. The van der Waals surface area contributed by atoms with Gasteiger partial charge in [0.15, 0.2) is 11.5 Å². The van der Waals surface area contributed by atoms with Crippen molar-refractivity contribution in [2.75, 3.05) is 22.6 Å². The van der Waals surface area contributed by atoms with Crippen LogP contribution < -0.4 is 23.2 Å². The number of hydrogen-bond donors (Lipinski definition) is 2. The van der Waals surface area contributed by atoms with Crippen molar-refractivity contribution in [3.05, 3.63) is 43.0 Å². The number of nitrogens with one attached hydrogen (secondary N) is 1. The van der Waals surface area contributed by atoms with Crippen LogP contribution in [0.4, 0.5) is 17.5 Å². The van der Waals surface area contributed by atoms with Crippen molar-refractivity contribution < 1.29 is 32.6 Å². The van der Waals surface area contributed by atoms with Crippen LogP contribution in [0.25, 0.3) is 0 Å². The van der Waals surface area contributed by atoms with Crippen LogP contribution in [-0.4, -0.2) is 54.1 Å². The van der Waals surface area contributed by atoms with E-state index >= 15 is 0 Å². The topological polar surface area (TPSA) is 160 Å². The molecule has 0 amide bonds. The van der Waals surface area contributed by atoms with E-state index in [0.29, 0.717) is 23.1 Å². The summed E-state index contributed by atoms with van der Waals surface area (Å²) in [4.78, 5) is 21.0. The Labute approximate surface area is 243 Å². The van der Waals surface area contributed by atoms with Gasteiger partial charge in [-0.2, -0.15) is 18.2 Å². The molecule has 6 atom stereocenters. The Kier molecular flexibility index (Phi) is 9.77. The molecule has 3 N–H and O–H groups in total. The van der Waals surface area contributed by atoms with E-state index in [2.05, 4.69) is 24.8 Å². The van der Waals surface area contributed by atoms with Crippen molar-refractivity contribution >= 4 is 52.5 Å². The first-order valence-corrected chi connectivity index (χ1v) is 16.1. The minimum atomic E-state index is -4.06. The third-order valence-electron chi connectivity index (χ3n) is 6.18. The SMILES string of the molecule is C=CC1[C@H](C)C(N2I=Nc3c(OC)nc(N)nc32)O[C@@H]1CO[P@@](=O)(N[C@@H](C)C(=O)OC(C)C)Oc1ccccc1. The van der Waals surface area contributed by atoms with Crippen LogP contribution in [0, 0.1) is 11.8 Å². The number of anilines is 2. The number of nitrogens with zero attached hydrogens (tertiary/aromatic N) is 4. The monoisotopic (exact) mass is 688 g/mol. The molecule has 3 heterocycles. The van der Waals surface area contributed by atoms with Crippen molar-refractivity contribution in [3.63, 3.8) is 0 Å². The Morgan fingerprint density at radius 1 is 1.30 bits per heavy atom. The van der Waals surface area contributed by atoms with Gasteiger partial charge in [0, 0.05) is 11.8 Å². The maximum Gasteiger partial charge on any atom is 0.459 e. The lowest BCUT2D eigenvalue weighted by molar-refractivity contribution is -0.149. The molecular formula is C25H34IN6O7P. The quantitative estimate of drug-likeness (QED) is 0.102. The third kappa shape index (κ3) is 6.79. The highest BCUT2D eigenvalue weighted by atomic mass is 127. The second-order valence-electron chi connectivity index (χ2n) is 9.51. The Bertz CT molecular complexity index is 1300. The van der Waals surface area contributed by atoms with E-state index in [1.165, 1.54) is 14.0 Å². The molecule has 2 aliphatic rings. The van der Waals surface area contributed by atoms with Crippen molar-refractivity contribution in [2.45, 2.75) is 52.2 Å². The van der Waals surface area contributed by atoms with Gasteiger partial charge >= 0.3 is 13.7 Å². The third-order valence-corrected chi connectivity index (χ3v) is 9.99. The molecule has 2 aromatic rings. The Morgan fingerprint density at radius 3 is 2.67 bits per heavy atom. The Hall–Kier alpha value is -2.65. The zero-order valence-electron chi connectivity index (χ0n) is 22.9. The molecule has 4 rings (SSSR count). The Morgan fingerprint density at radius 2 is 2.02 bits per heavy atom. The molecule has 0 spiro atoms. The number of carbonyl (C=O) groups is 1. The summed E-state index contributed by atoms with van der Waals surface area (Å²) in [5, 5.41) is 2.70. The lowest BCUT2D eigenvalue weighted by Crippen LogP contribution is -2.37. The normalized spacial score (nSPS) is 24.1. The summed E-state index contributed by atoms with van der Waals surface area (Å²) in [5.74, 6) is 0.461. The van der Waals surface area contributed by atoms with Gasteiger partial charge in [0.2, 0.25) is 11.8 Å². The first kappa shape index (κ1) is 30.3. The van der Waals surface area contributed by atoms with Gasteiger partial charge in [-0.05, 0) is 32.9 Å². The maximum absolute atomic E-state index is 13.9. The predicted molar refractivity (Wildman–Crippen MR) is 158 cm³/mol. The minimum Gasteiger partial charge on any atom is -0.479 e. The first-order valence-electron chi connectivity index (χ1n) is 12.7. The number of methoxy groups -OCH3 is 1. The summed E-state index contributed by atoms with van der Waals surface area (Å²) in [7, 11) is -2.56. The highest BCUT2D eigenvalue weighted by molar-refractivity contribution is 14.2. The standard InChI is InChI=1S/C25H34IN6O7P/c1-7-18-15(4)23(32-21-20(30-26-32)22(35-6)29-25(27)28-21)38-19(18)13-36-40(34,39-17-11-9-8-10-12-17)31-16(5)24(33)37-14(2)3/h7-12,14-16,18-19,23H,1,13H2,2-6H3,(H,31,34)(H2,27,28,29)/t15-,16-,18?,19+,23?,40-/m0/s1. The first-order chi connectivity index (χ1) is 19.0. The van der Waals surface area contributed by atoms with Gasteiger partial charge in [-0.3, -0.25) is 12.4 Å². The molecule has 40 heavy (non-hydrogen) atoms. The summed E-state index contributed by atoms with van der Waals surface area (Å²) in [6.07, 6.45) is 0.505. The zero-order chi connectivity index (χ0) is 29.0. The van der Waals surface area contributed by atoms with Crippen LogP contribution in [0.15, 0.2) is 46.1 Å². The van der Waals surface area contributed by atoms with Gasteiger partial charge in [0.05, 0.1) is 25.9 Å². The molecule has 15 heteroatoms. The van der Waals surface area contributed by atoms with Crippen molar-refractivity contribution in [2.24, 2.45) is 15.0 Å². The number of esters is 1. The van der Waals surface area contributed by atoms with Gasteiger partial charge in [-0.25, -0.2) is 4.57 Å². The lowest BCUT2D eigenvalue weighted by atomic mass is 9.91. The van der Waals surface area contributed by atoms with Gasteiger partial charge in [0.25, 0.3) is 0 Å². The van der Waals surface area contributed by atoms with E-state index in [4.69, 9.17) is 29.0 Å². The Balaban J connectivity index is 1.52. The molecule has 2 aliphatic heterocycles. The van der Waals surface area contributed by atoms with E-state index < -0.39 is 53.4 Å². The van der Waals surface area contributed by atoms with E-state index in [-0.39, 0.29) is 30.5 Å². The largest absolute Gasteiger partial charge is 0.479 e. The smallest absolute Gasteiger partial charge is 0.459 e. The van der Waals surface area contributed by atoms with E-state index in [0.717, 1.165) is 0 Å². The molecule has 13 nitrogen and oxygen atoms in total. The van der Waals surface area contributed by atoms with Crippen LogP contribution in [0.2, 0.25) is 0 Å². The number of hydrogen-bond acceptors (Lipinski definition) is 12. The second-order valence-corrected chi connectivity index (χ2v) is 13.2. The number of ether oxygens (including phenoxy) is 3. The average Bonchev–Trinajstić information content (AvgIpc) is 3.46. The van der Waals surface area contributed by atoms with Crippen molar-refractivity contribution in [3.8, 4) is 11.6 Å². The van der Waals surface area contributed by atoms with Gasteiger partial charge in [-0.1, -0.05) is 31.2 Å². The van der Waals surface area contributed by atoms with Crippen LogP contribution in [0.1, 0.15) is 27.7 Å². The highest BCUT2D eigenvalue weighted by Gasteiger charge is 2.47. The molecule has 0 saturated carbocycles. The zero-order valence-corrected chi connectivity index (χ0v) is 25.9. The summed E-state index contributed by atoms with van der Waals surface area (Å²) < 4.78 is 49.2. The highest BCUT2D eigenvalue weighted by Crippen LogP contribution is 2.51. The number of para-hydroxylation sites is 1. The van der Waals surface area contributed by atoms with E-state index in [1.807, 2.05) is 10.0 Å². The number of halogens is 1. The predicted octanol–water partition coefficient (Wildman–Crippen LogP) is 4.88. The fraction of sp³-hybridized carbons (Fsp3) is 0.480. The average molecular weight is 688 g/mol. The number of rotatable bonds is 12. The summed E-state index contributed by atoms with van der Waals surface area (Å²) in [6.45, 7) is 10.9. The number of nitrogen functional groups attached to an aromatic ring is 1. The molecular weight excluding hydrogens is 654 g/mol. The fourth-order valence-electron chi connectivity index (χ4n) is 4.29. The molecule has 2 unspecified atom stereocenters. The summed E-state index contributed by atoms with van der Waals surface area (Å²) in [5.41, 5.74) is 6.45. The molecule has 0 bridgehead atoms. The van der Waals surface area contributed by atoms with E-state index in [1.54, 1.807) is 50.3 Å². The molecule has 1 fully saturated rings. The van der Waals surface area contributed by atoms with Crippen LogP contribution in [0.3, 0.4) is 0 Å². The number of fused-ring (bicyclic) bond motifs is 1. The fourth-order valence-corrected chi connectivity index (χ4v) is 8.08. The van der Waals surface area contributed by atoms with Gasteiger partial charge in [0.1, 0.15) is 39.3 Å². The second kappa shape index (κ2) is 12.9. The van der Waals surface area contributed by atoms with Crippen LogP contribution in [-0.2, 0) is 23.4 Å². The number of benzene rings is 1. The number of nitrogens with two attached hydrogens (primary N) is 1. The summed E-state index contributed by atoms with van der Waals surface area (Å²) in [6, 6.07) is 7.61. The number of aromatic nitrogens is 2. The molecule has 1 aromatic carbocycles. The van der Waals surface area contributed by atoms with Gasteiger partial charge in [-0.15, -0.1) is 6.58 Å². The lowest BCUT2D eigenvalue weighted by Gasteiger charge is -2.26. The number of carbonyl (C=O) groups excluding carboxylic acids is 1. The summed E-state index contributed by atoms with van der Waals surface area (Å²) >= 11 is -0.891. The molecule has 218 valence electrons. The van der Waals surface area contributed by atoms with Gasteiger partial charge < -0.3 is 24.5 Å². The van der Waals surface area contributed by atoms with Crippen LogP contribution >= 0.6 is 29.1 Å². The van der Waals surface area contributed by atoms with Crippen molar-refractivity contribution in [1.29, 1.82) is 0 Å². The van der Waals surface area contributed by atoms with Crippen LogP contribution in [0.5, 0.6) is 11.6 Å².